The number of carbonyl (C=O) groups excluding carboxylic acids is 8. The Bertz CT molecular complexity index is 4380. The van der Waals surface area contributed by atoms with E-state index in [1.165, 1.54) is 159 Å². The van der Waals surface area contributed by atoms with Crippen molar-refractivity contribution in [3.8, 4) is 0 Å². The fourth-order valence-corrected chi connectivity index (χ4v) is 13.1. The number of ether oxygens (including phenoxy) is 4. The van der Waals surface area contributed by atoms with Crippen LogP contribution < -0.4 is 0 Å². The number of aryl methyl sites for hydroxylation is 8. The largest absolute Gasteiger partial charge is 0.439 e. The lowest BCUT2D eigenvalue weighted by Crippen LogP contribution is -2.99. The van der Waals surface area contributed by atoms with Crippen LogP contribution in [0.15, 0.2) is 194 Å². The van der Waals surface area contributed by atoms with Crippen LogP contribution in [0, 0.1) is 55.4 Å². The third-order valence-electron chi connectivity index (χ3n) is 17.7. The van der Waals surface area contributed by atoms with Crippen LogP contribution in [0.4, 0.5) is 0 Å². The lowest BCUT2D eigenvalue weighted by Gasteiger charge is -2.68. The normalized spacial score (nSPS) is 24.9. The van der Waals surface area contributed by atoms with Crippen molar-refractivity contribution < 1.29 is 93.0 Å². The molecule has 2 fully saturated rings. The van der Waals surface area contributed by atoms with Crippen molar-refractivity contribution in [2.24, 2.45) is 0 Å². The van der Waals surface area contributed by atoms with Crippen LogP contribution in [-0.2, 0) is 18.9 Å². The highest BCUT2D eigenvalue weighted by molar-refractivity contribution is 6.33. The lowest BCUT2D eigenvalue weighted by atomic mass is 9.46. The number of esters is 1. The number of hydrogen-bond acceptors (Lipinski definition) is 19. The van der Waals surface area contributed by atoms with Gasteiger partial charge in [-0.15, -0.1) is 0 Å². The molecule has 0 bridgehead atoms. The van der Waals surface area contributed by atoms with Gasteiger partial charge in [0.2, 0.25) is 68.7 Å². The molecule has 2 heterocycles. The molecule has 0 amide bonds. The highest BCUT2D eigenvalue weighted by Crippen LogP contribution is 2.65. The van der Waals surface area contributed by atoms with Crippen LogP contribution in [-0.4, -0.2) is 153 Å². The van der Waals surface area contributed by atoms with E-state index in [1.807, 2.05) is 0 Å². The van der Waals surface area contributed by atoms with E-state index in [0.29, 0.717) is 5.56 Å². The zero-order valence-corrected chi connectivity index (χ0v) is 53.2. The van der Waals surface area contributed by atoms with Crippen LogP contribution in [0.3, 0.4) is 0 Å². The van der Waals surface area contributed by atoms with E-state index in [1.54, 1.807) is 0 Å². The summed E-state index contributed by atoms with van der Waals surface area (Å²) < 4.78 is 27.2. The molecule has 2 aliphatic heterocycles. The van der Waals surface area contributed by atoms with Crippen LogP contribution in [0.25, 0.3) is 0 Å². The number of Topliss-reactive ketones (excluding diaryl/α,β-unsaturated/α-hetero) is 7. The van der Waals surface area contributed by atoms with Crippen LogP contribution in [0.5, 0.6) is 0 Å². The second-order valence-corrected chi connectivity index (χ2v) is 24.7. The topological polar surface area (TPSA) is 315 Å². The molecule has 8 aromatic rings. The Morgan fingerprint density at radius 1 is 0.432 bits per heavy atom. The molecule has 0 saturated carbocycles. The van der Waals surface area contributed by atoms with Crippen LogP contribution >= 0.6 is 0 Å². The first-order chi connectivity index (χ1) is 45.0. The molecule has 0 aliphatic carbocycles. The first kappa shape index (κ1) is 68.4. The summed E-state index contributed by atoms with van der Waals surface area (Å²) in [7, 11) is 0. The molecule has 1 unspecified atom stereocenters. The highest BCUT2D eigenvalue weighted by atomic mass is 16.8. The molecule has 8 aromatic carbocycles. The van der Waals surface area contributed by atoms with Gasteiger partial charge in [0.15, 0.2) is 0 Å². The second-order valence-electron chi connectivity index (χ2n) is 24.7. The summed E-state index contributed by atoms with van der Waals surface area (Å²) in [5.41, 5.74) is -30.1. The minimum atomic E-state index is -5.27. The van der Waals surface area contributed by atoms with Gasteiger partial charge in [0.1, 0.15) is 24.9 Å². The van der Waals surface area contributed by atoms with E-state index in [2.05, 4.69) is 0 Å². The third-order valence-corrected chi connectivity index (χ3v) is 17.7. The van der Waals surface area contributed by atoms with Gasteiger partial charge in [-0.2, -0.15) is 0 Å². The van der Waals surface area contributed by atoms with Crippen molar-refractivity contribution in [2.75, 3.05) is 13.2 Å². The maximum Gasteiger partial charge on any atom is 0.339 e. The van der Waals surface area contributed by atoms with Gasteiger partial charge in [-0.1, -0.05) is 184 Å². The number of carbonyl (C=O) groups is 8. The zero-order valence-electron chi connectivity index (χ0n) is 53.2. The summed E-state index contributed by atoms with van der Waals surface area (Å²) in [6.07, 6.45) is -7.33. The fourth-order valence-electron chi connectivity index (χ4n) is 13.1. The molecule has 19 nitrogen and oxygen atoms in total. The van der Waals surface area contributed by atoms with Gasteiger partial charge in [-0.3, -0.25) is 33.6 Å². The quantitative estimate of drug-likeness (QED) is 0.0206. The van der Waals surface area contributed by atoms with Crippen molar-refractivity contribution in [2.45, 2.75) is 113 Å². The maximum atomic E-state index is 18.3. The summed E-state index contributed by atoms with van der Waals surface area (Å²) in [6.45, 7) is 8.66. The van der Waals surface area contributed by atoms with Gasteiger partial charge >= 0.3 is 5.97 Å². The first-order valence-corrected chi connectivity index (χ1v) is 30.4. The third kappa shape index (κ3) is 10.8. The Hall–Kier alpha value is -9.48. The first-order valence-electron chi connectivity index (χ1n) is 30.4. The smallest absolute Gasteiger partial charge is 0.339 e. The van der Waals surface area contributed by atoms with Crippen molar-refractivity contribution >= 4 is 46.5 Å². The van der Waals surface area contributed by atoms with Gasteiger partial charge in [-0.05, 0) is 110 Å². The summed E-state index contributed by atoms with van der Waals surface area (Å²) in [6, 6.07) is 38.9. The van der Waals surface area contributed by atoms with Crippen molar-refractivity contribution in [1.29, 1.82) is 0 Å². The molecule has 0 radical (unpaired) electrons. The van der Waals surface area contributed by atoms with Gasteiger partial charge in [0.25, 0.3) is 11.4 Å². The zero-order chi connectivity index (χ0) is 69.0. The number of aliphatic hydroxyl groups excluding tert-OH is 4. The van der Waals surface area contributed by atoms with Gasteiger partial charge in [0.05, 0.1) is 12.2 Å². The van der Waals surface area contributed by atoms with E-state index < -0.39 is 162 Å². The van der Waals surface area contributed by atoms with Crippen LogP contribution in [0.1, 0.15) is 127 Å². The Labute approximate surface area is 546 Å². The molecule has 0 spiro atoms. The number of hydrogen-bond donors (Lipinski definition) is 7. The van der Waals surface area contributed by atoms with Crippen LogP contribution in [0.2, 0.25) is 0 Å². The summed E-state index contributed by atoms with van der Waals surface area (Å²) >= 11 is 0. The van der Waals surface area contributed by atoms with Crippen molar-refractivity contribution in [3.63, 3.8) is 0 Å². The molecule has 9 atom stereocenters. The van der Waals surface area contributed by atoms with Gasteiger partial charge < -0.3 is 54.7 Å². The molecule has 2 saturated heterocycles. The maximum absolute atomic E-state index is 18.3. The summed E-state index contributed by atoms with van der Waals surface area (Å²) in [5.74, 6) is -25.1. The minimum absolute atomic E-state index is 0.147. The van der Waals surface area contributed by atoms with Gasteiger partial charge in [-0.25, -0.2) is 4.79 Å². The second kappa shape index (κ2) is 25.7. The predicted octanol–water partition coefficient (Wildman–Crippen LogP) is 7.71. The van der Waals surface area contributed by atoms with E-state index in [-0.39, 0.29) is 38.9 Å². The number of aliphatic hydroxyl groups is 7. The van der Waals surface area contributed by atoms with E-state index in [0.717, 1.165) is 91.0 Å². The van der Waals surface area contributed by atoms with E-state index >= 15 is 53.7 Å². The average molecular weight is 1290 g/mol. The van der Waals surface area contributed by atoms with E-state index in [9.17, 15) is 20.4 Å². The minimum Gasteiger partial charge on any atom is -0.439 e. The highest BCUT2D eigenvalue weighted by Gasteiger charge is 2.98. The lowest BCUT2D eigenvalue weighted by molar-refractivity contribution is -0.456. The Kier molecular flexibility index (Phi) is 18.5. The Morgan fingerprint density at radius 3 is 1.11 bits per heavy atom. The van der Waals surface area contributed by atoms with Crippen molar-refractivity contribution in [1.82, 2.24) is 0 Å². The Morgan fingerprint density at radius 2 is 0.747 bits per heavy atom. The van der Waals surface area contributed by atoms with Crippen molar-refractivity contribution in [3.05, 3.63) is 283 Å². The molecular weight excluding hydrogens is 1220 g/mol. The number of ketones is 7. The monoisotopic (exact) mass is 1290 g/mol. The predicted molar refractivity (Wildman–Crippen MR) is 344 cm³/mol. The molecule has 488 valence electrons. The Balaban J connectivity index is 1.64. The molecule has 19 heteroatoms. The average Bonchev–Trinajstić information content (AvgIpc) is 0.663. The summed E-state index contributed by atoms with van der Waals surface area (Å²) in [4.78, 5) is 141. The standard InChI is InChI=1S/C76H70O19/c1-43-17-9-25-51(33-43)61(80)71(89,62(81)52-26-10-18-44(2)34-52)74(65(84)55-29-13-21-47(5)37-55)75(66(85)56-30-14-22-48(6)38-56,93-69(88)58-32-16-24-50(8)40-58)72(90,63(82)53-27-11-19-45(3)35-53)73(91,64(83)54-28-12-20-46(4)36-54)76(95-74,67(86)57-31-15-23-49(7)39-57)94-70(42-78)68(87)60(79)59(41-77)92-70/h9-40,59-60,68,77-79,87,89-91H,41-42H2,1-8H3/t59-,60-,68+,70?,72-,73-,74-,75+,76-/m1/s1. The molecule has 95 heavy (non-hydrogen) atoms. The molecule has 10 rings (SSSR count). The molecule has 2 aliphatic rings. The summed E-state index contributed by atoms with van der Waals surface area (Å²) in [5, 5.41) is 94.7. The molecule has 0 aromatic heterocycles. The number of benzene rings is 8. The van der Waals surface area contributed by atoms with E-state index in [4.69, 9.17) is 18.9 Å². The molecular formula is C76H70O19. The van der Waals surface area contributed by atoms with Gasteiger partial charge in [0, 0.05) is 38.9 Å². The number of rotatable bonds is 21. The SMILES string of the molecule is Cc1cccc(C(=O)O[C@@]2(C(=O)c3cccc(C)c3)[C@@](O)(C(=O)c3cccc(C)c3)[C@](O)(C(=O)c3cccc(C)c3)[C@@](OC3(CO)O[C@H](CO)[C@@H](O)[C@@H]3O)(C(=O)c3cccc(C)c3)O[C@]2(C(=O)c2cccc(C)c2)C(O)(C(=O)c2cccc(C)c2)C(=O)c2cccc(C)c2)c1. The fraction of sp³-hybridized carbons (Fsp3) is 0.263. The molecule has 7 N–H and O–H groups in total.